The van der Waals surface area contributed by atoms with Gasteiger partial charge in [-0.3, -0.25) is 9.59 Å². The Bertz CT molecular complexity index is 655. The largest absolute Gasteiger partial charge is 0.345 e. The van der Waals surface area contributed by atoms with E-state index in [1.54, 1.807) is 12.4 Å². The van der Waals surface area contributed by atoms with Crippen molar-refractivity contribution in [1.29, 1.82) is 0 Å². The van der Waals surface area contributed by atoms with E-state index in [1.165, 1.54) is 0 Å². The number of nitrogens with zero attached hydrogens (tertiary/aromatic N) is 4. The van der Waals surface area contributed by atoms with E-state index in [0.29, 0.717) is 29.7 Å². The topological polar surface area (TPSA) is 66.4 Å². The summed E-state index contributed by atoms with van der Waals surface area (Å²) in [6.07, 6.45) is 8.17. The van der Waals surface area contributed by atoms with E-state index in [0.717, 1.165) is 38.1 Å². The molecule has 0 bridgehead atoms. The summed E-state index contributed by atoms with van der Waals surface area (Å²) in [5.41, 5.74) is 0.560. The molecule has 1 aromatic rings. The van der Waals surface area contributed by atoms with Crippen LogP contribution in [0.4, 0.5) is 0 Å². The molecule has 1 aliphatic heterocycles. The Kier molecular flexibility index (Phi) is 3.77. The summed E-state index contributed by atoms with van der Waals surface area (Å²) >= 11 is 0. The van der Waals surface area contributed by atoms with Gasteiger partial charge in [-0.05, 0) is 37.5 Å². The van der Waals surface area contributed by atoms with Gasteiger partial charge in [-0.1, -0.05) is 0 Å². The lowest BCUT2D eigenvalue weighted by Gasteiger charge is -2.31. The zero-order valence-corrected chi connectivity index (χ0v) is 14.3. The molecule has 2 aliphatic carbocycles. The van der Waals surface area contributed by atoms with Crippen molar-refractivity contribution in [2.45, 2.75) is 44.1 Å². The average molecular weight is 328 g/mol. The lowest BCUT2D eigenvalue weighted by molar-refractivity contribution is -0.134. The van der Waals surface area contributed by atoms with Gasteiger partial charge in [0.2, 0.25) is 5.91 Å². The fourth-order valence-corrected chi connectivity index (χ4v) is 4.17. The zero-order chi connectivity index (χ0) is 16.8. The Morgan fingerprint density at radius 2 is 1.88 bits per heavy atom. The number of carbonyl (C=O) groups is 2. The summed E-state index contributed by atoms with van der Waals surface area (Å²) in [4.78, 5) is 37.0. The third kappa shape index (κ3) is 2.78. The van der Waals surface area contributed by atoms with E-state index in [4.69, 9.17) is 0 Å². The molecule has 3 fully saturated rings. The van der Waals surface area contributed by atoms with Gasteiger partial charge >= 0.3 is 0 Å². The summed E-state index contributed by atoms with van der Waals surface area (Å²) in [6, 6.07) is 0.204. The van der Waals surface area contributed by atoms with Crippen molar-refractivity contribution in [3.8, 4) is 0 Å². The number of hydrogen-bond acceptors (Lipinski definition) is 4. The van der Waals surface area contributed by atoms with Crippen molar-refractivity contribution in [2.75, 3.05) is 20.6 Å². The monoisotopic (exact) mass is 328 g/mol. The molecular weight excluding hydrogens is 304 g/mol. The zero-order valence-electron chi connectivity index (χ0n) is 14.3. The predicted octanol–water partition coefficient (Wildman–Crippen LogP) is 1.68. The standard InChI is InChI=1S/C18H24N4O2/c1-21-10-13-6-15(5-12(13)7-16(21)23)22(2)18(24)14-8-19-17(20-9-14)11-3-4-11/h8-9,11-13,15H,3-7,10H2,1-2H3/t12-,13+,15-/m0/s1. The molecule has 1 aromatic heterocycles. The number of fused-ring (bicyclic) bond motifs is 1. The van der Waals surface area contributed by atoms with E-state index >= 15 is 0 Å². The Morgan fingerprint density at radius 1 is 1.21 bits per heavy atom. The second kappa shape index (κ2) is 5.83. The van der Waals surface area contributed by atoms with Crippen LogP contribution in [-0.4, -0.2) is 58.3 Å². The average Bonchev–Trinajstić information content (AvgIpc) is 3.36. The third-order valence-corrected chi connectivity index (χ3v) is 5.92. The van der Waals surface area contributed by atoms with Crippen molar-refractivity contribution in [3.05, 3.63) is 23.8 Å². The Morgan fingerprint density at radius 3 is 2.54 bits per heavy atom. The van der Waals surface area contributed by atoms with Crippen LogP contribution in [0.2, 0.25) is 0 Å². The summed E-state index contributed by atoms with van der Waals surface area (Å²) in [5, 5.41) is 0. The van der Waals surface area contributed by atoms with Gasteiger partial charge in [0.1, 0.15) is 5.82 Å². The minimum atomic E-state index is -0.0133. The van der Waals surface area contributed by atoms with Crippen LogP contribution in [0.5, 0.6) is 0 Å². The first-order chi connectivity index (χ1) is 11.5. The second-order valence-electron chi connectivity index (χ2n) is 7.64. The first-order valence-electron chi connectivity index (χ1n) is 8.86. The van der Waals surface area contributed by atoms with Crippen molar-refractivity contribution < 1.29 is 9.59 Å². The molecule has 0 unspecified atom stereocenters. The highest BCUT2D eigenvalue weighted by atomic mass is 16.2. The summed E-state index contributed by atoms with van der Waals surface area (Å²) < 4.78 is 0. The molecule has 3 atom stereocenters. The third-order valence-electron chi connectivity index (χ3n) is 5.92. The summed E-state index contributed by atoms with van der Waals surface area (Å²) in [7, 11) is 3.74. The molecular formula is C18H24N4O2. The molecule has 128 valence electrons. The molecule has 0 N–H and O–H groups in total. The number of amides is 2. The lowest BCUT2D eigenvalue weighted by Crippen LogP contribution is -2.39. The Labute approximate surface area is 142 Å². The van der Waals surface area contributed by atoms with Crippen LogP contribution in [0.1, 0.15) is 54.2 Å². The molecule has 1 saturated heterocycles. The fourth-order valence-electron chi connectivity index (χ4n) is 4.17. The smallest absolute Gasteiger partial charge is 0.256 e. The van der Waals surface area contributed by atoms with Gasteiger partial charge in [-0.25, -0.2) is 9.97 Å². The van der Waals surface area contributed by atoms with Crippen LogP contribution < -0.4 is 0 Å². The summed E-state index contributed by atoms with van der Waals surface area (Å²) in [5.74, 6) is 2.52. The maximum absolute atomic E-state index is 12.7. The van der Waals surface area contributed by atoms with E-state index in [2.05, 4.69) is 9.97 Å². The molecule has 3 aliphatic rings. The minimum Gasteiger partial charge on any atom is -0.345 e. The lowest BCUT2D eigenvalue weighted by atomic mass is 9.88. The van der Waals surface area contributed by atoms with Crippen LogP contribution in [0.15, 0.2) is 12.4 Å². The molecule has 24 heavy (non-hydrogen) atoms. The fraction of sp³-hybridized carbons (Fsp3) is 0.667. The predicted molar refractivity (Wildman–Crippen MR) is 88.4 cm³/mol. The molecule has 0 spiro atoms. The van der Waals surface area contributed by atoms with E-state index < -0.39 is 0 Å². The van der Waals surface area contributed by atoms with Crippen LogP contribution >= 0.6 is 0 Å². The molecule has 2 saturated carbocycles. The minimum absolute atomic E-state index is 0.0133. The number of likely N-dealkylation sites (tertiary alicyclic amines) is 1. The van der Waals surface area contributed by atoms with Gasteiger partial charge in [-0.15, -0.1) is 0 Å². The van der Waals surface area contributed by atoms with Crippen molar-refractivity contribution in [1.82, 2.24) is 19.8 Å². The molecule has 0 aromatic carbocycles. The molecule has 0 radical (unpaired) electrons. The highest BCUT2D eigenvalue weighted by Crippen LogP contribution is 2.40. The number of carbonyl (C=O) groups excluding carboxylic acids is 2. The quantitative estimate of drug-likeness (QED) is 0.847. The first-order valence-corrected chi connectivity index (χ1v) is 8.86. The van der Waals surface area contributed by atoms with Gasteiger partial charge in [0.05, 0.1) is 5.56 Å². The number of hydrogen-bond donors (Lipinski definition) is 0. The Hall–Kier alpha value is -1.98. The van der Waals surface area contributed by atoms with Gasteiger partial charge in [0.25, 0.3) is 5.91 Å². The van der Waals surface area contributed by atoms with Crippen molar-refractivity contribution in [2.24, 2.45) is 11.8 Å². The maximum Gasteiger partial charge on any atom is 0.256 e. The molecule has 6 heteroatoms. The van der Waals surface area contributed by atoms with Gasteiger partial charge in [-0.2, -0.15) is 0 Å². The van der Waals surface area contributed by atoms with E-state index in [1.807, 2.05) is 23.9 Å². The van der Waals surface area contributed by atoms with Crippen molar-refractivity contribution in [3.63, 3.8) is 0 Å². The number of rotatable bonds is 3. The molecule has 2 heterocycles. The van der Waals surface area contributed by atoms with Gasteiger partial charge in [0, 0.05) is 51.4 Å². The van der Waals surface area contributed by atoms with Crippen molar-refractivity contribution >= 4 is 11.8 Å². The van der Waals surface area contributed by atoms with Crippen LogP contribution in [0, 0.1) is 11.8 Å². The highest BCUT2D eigenvalue weighted by molar-refractivity contribution is 5.93. The van der Waals surface area contributed by atoms with Crippen LogP contribution in [-0.2, 0) is 4.79 Å². The Balaban J connectivity index is 1.42. The number of aromatic nitrogens is 2. The van der Waals surface area contributed by atoms with E-state index in [9.17, 15) is 9.59 Å². The SMILES string of the molecule is CN1C[C@H]2C[C@@H](N(C)C(=O)c3cnc(C4CC4)nc3)C[C@H]2CC1=O. The van der Waals surface area contributed by atoms with Crippen LogP contribution in [0.3, 0.4) is 0 Å². The second-order valence-corrected chi connectivity index (χ2v) is 7.64. The first kappa shape index (κ1) is 15.5. The normalized spacial score (nSPS) is 29.5. The van der Waals surface area contributed by atoms with Gasteiger partial charge in [0.15, 0.2) is 0 Å². The summed E-state index contributed by atoms with van der Waals surface area (Å²) in [6.45, 7) is 0.821. The van der Waals surface area contributed by atoms with E-state index in [-0.39, 0.29) is 17.9 Å². The molecule has 2 amide bonds. The molecule has 4 rings (SSSR count). The van der Waals surface area contributed by atoms with Gasteiger partial charge < -0.3 is 9.80 Å². The van der Waals surface area contributed by atoms with Crippen LogP contribution in [0.25, 0.3) is 0 Å². The molecule has 6 nitrogen and oxygen atoms in total. The maximum atomic E-state index is 12.7. The highest BCUT2D eigenvalue weighted by Gasteiger charge is 2.42. The number of piperidine rings is 1.